The maximum Gasteiger partial charge on any atom is 0.193 e. The van der Waals surface area contributed by atoms with Crippen LogP contribution in [0.1, 0.15) is 42.2 Å². The zero-order valence-electron chi connectivity index (χ0n) is 15.9. The van der Waals surface area contributed by atoms with E-state index >= 15 is 0 Å². The molecule has 3 rings (SSSR count). The summed E-state index contributed by atoms with van der Waals surface area (Å²) in [6.07, 6.45) is 0.832. The molecule has 5 nitrogen and oxygen atoms in total. The van der Waals surface area contributed by atoms with Gasteiger partial charge in [-0.1, -0.05) is 60.5 Å². The fourth-order valence-corrected chi connectivity index (χ4v) is 4.20. The first-order chi connectivity index (χ1) is 13.8. The number of benzene rings is 2. The van der Waals surface area contributed by atoms with E-state index in [1.54, 1.807) is 24.3 Å². The van der Waals surface area contributed by atoms with Gasteiger partial charge in [-0.15, -0.1) is 0 Å². The summed E-state index contributed by atoms with van der Waals surface area (Å²) in [5.74, 6) is -0.981. The Bertz CT molecular complexity index is 1010. The minimum absolute atomic E-state index is 0.0318. The number of aromatic hydroxyl groups is 2. The lowest BCUT2D eigenvalue weighted by atomic mass is 9.88. The fraction of sp³-hybridized carbons (Fsp3) is 0.238. The molecule has 0 aromatic heterocycles. The average molecular weight is 451 g/mol. The van der Waals surface area contributed by atoms with Crippen molar-refractivity contribution in [1.29, 1.82) is 0 Å². The number of hydrogen-bond acceptors (Lipinski definition) is 4. The molecule has 0 amide bonds. The summed E-state index contributed by atoms with van der Waals surface area (Å²) < 4.78 is 0. The lowest BCUT2D eigenvalue weighted by Gasteiger charge is -2.38. The van der Waals surface area contributed by atoms with E-state index in [1.807, 2.05) is 24.8 Å². The minimum Gasteiger partial charge on any atom is -0.506 e. The number of hydrogen-bond donors (Lipinski definition) is 3. The molecule has 152 valence electrons. The van der Waals surface area contributed by atoms with Gasteiger partial charge in [-0.05, 0) is 31.6 Å². The van der Waals surface area contributed by atoms with Crippen LogP contribution in [0.4, 0.5) is 0 Å². The highest BCUT2D eigenvalue weighted by Gasteiger charge is 2.36. The Labute approximate surface area is 184 Å². The van der Waals surface area contributed by atoms with Crippen LogP contribution in [-0.4, -0.2) is 32.6 Å². The summed E-state index contributed by atoms with van der Waals surface area (Å²) >= 11 is 17.6. The van der Waals surface area contributed by atoms with Crippen LogP contribution in [0.25, 0.3) is 0 Å². The van der Waals surface area contributed by atoms with Gasteiger partial charge in [-0.3, -0.25) is 4.79 Å². The Morgan fingerprint density at radius 1 is 1.21 bits per heavy atom. The second-order valence-electron chi connectivity index (χ2n) is 6.69. The topological polar surface area (TPSA) is 72.8 Å². The van der Waals surface area contributed by atoms with Crippen LogP contribution in [0.2, 0.25) is 10.0 Å². The fourth-order valence-electron chi connectivity index (χ4n) is 3.38. The largest absolute Gasteiger partial charge is 0.506 e. The Hall–Kier alpha value is -2.28. The summed E-state index contributed by atoms with van der Waals surface area (Å²) in [5.41, 5.74) is 1.88. The van der Waals surface area contributed by atoms with Gasteiger partial charge in [0.2, 0.25) is 0 Å². The minimum atomic E-state index is -0.779. The standard InChI is InChI=1S/C21H20Cl2N2O3S/c1-3-9-25-11(2)15(18(26)12-7-5-4-6-8-12)17(24-21(25)29)13-10-14(22)20(28)16(23)19(13)27/h4-8,10,17,27-28H,3,9H2,1-2H3,(H,24,29). The molecule has 0 aliphatic carbocycles. The van der Waals surface area contributed by atoms with Gasteiger partial charge in [0.05, 0.1) is 11.1 Å². The molecule has 0 saturated carbocycles. The van der Waals surface area contributed by atoms with Crippen LogP contribution in [0, 0.1) is 0 Å². The van der Waals surface area contributed by atoms with Crippen molar-refractivity contribution in [2.75, 3.05) is 6.54 Å². The zero-order chi connectivity index (χ0) is 21.3. The number of nitrogens with zero attached hydrogens (tertiary/aromatic N) is 1. The predicted molar refractivity (Wildman–Crippen MR) is 119 cm³/mol. The maximum atomic E-state index is 13.4. The van der Waals surface area contributed by atoms with Gasteiger partial charge in [-0.2, -0.15) is 0 Å². The molecule has 0 radical (unpaired) electrons. The van der Waals surface area contributed by atoms with Crippen molar-refractivity contribution in [3.8, 4) is 11.5 Å². The highest BCUT2D eigenvalue weighted by Crippen LogP contribution is 2.46. The van der Waals surface area contributed by atoms with Crippen LogP contribution in [0.15, 0.2) is 47.7 Å². The van der Waals surface area contributed by atoms with Crippen LogP contribution >= 0.6 is 35.4 Å². The molecule has 1 atom stereocenters. The van der Waals surface area contributed by atoms with Crippen molar-refractivity contribution in [2.24, 2.45) is 0 Å². The molecule has 1 aliphatic rings. The van der Waals surface area contributed by atoms with Gasteiger partial charge in [0.15, 0.2) is 16.6 Å². The first kappa shape index (κ1) is 21.4. The highest BCUT2D eigenvalue weighted by molar-refractivity contribution is 7.80. The summed E-state index contributed by atoms with van der Waals surface area (Å²) in [7, 11) is 0. The average Bonchev–Trinajstić information content (AvgIpc) is 2.72. The molecule has 1 aliphatic heterocycles. The summed E-state index contributed by atoms with van der Waals surface area (Å²) in [6.45, 7) is 4.48. The quantitative estimate of drug-likeness (QED) is 0.429. The maximum absolute atomic E-state index is 13.4. The Kier molecular flexibility index (Phi) is 6.36. The van der Waals surface area contributed by atoms with Gasteiger partial charge in [0, 0.05) is 28.9 Å². The molecule has 29 heavy (non-hydrogen) atoms. The number of halogens is 2. The molecule has 3 N–H and O–H groups in total. The Morgan fingerprint density at radius 2 is 1.86 bits per heavy atom. The molecule has 0 spiro atoms. The molecular formula is C21H20Cl2N2O3S. The predicted octanol–water partition coefficient (Wildman–Crippen LogP) is 5.20. The first-order valence-electron chi connectivity index (χ1n) is 9.06. The highest BCUT2D eigenvalue weighted by atomic mass is 35.5. The van der Waals surface area contributed by atoms with E-state index in [2.05, 4.69) is 5.32 Å². The monoisotopic (exact) mass is 450 g/mol. The van der Waals surface area contributed by atoms with E-state index in [0.29, 0.717) is 28.5 Å². The van der Waals surface area contributed by atoms with Gasteiger partial charge in [0.25, 0.3) is 0 Å². The number of nitrogens with one attached hydrogen (secondary N) is 1. The third-order valence-corrected chi connectivity index (χ3v) is 5.82. The third kappa shape index (κ3) is 3.92. The van der Waals surface area contributed by atoms with Gasteiger partial charge in [0.1, 0.15) is 10.8 Å². The van der Waals surface area contributed by atoms with Crippen LogP contribution in [0.5, 0.6) is 11.5 Å². The molecule has 1 unspecified atom stereocenters. The van der Waals surface area contributed by atoms with Crippen molar-refractivity contribution < 1.29 is 15.0 Å². The van der Waals surface area contributed by atoms with E-state index < -0.39 is 11.8 Å². The summed E-state index contributed by atoms with van der Waals surface area (Å²) in [4.78, 5) is 15.3. The van der Waals surface area contributed by atoms with Crippen molar-refractivity contribution in [3.05, 3.63) is 68.8 Å². The van der Waals surface area contributed by atoms with Crippen LogP contribution < -0.4 is 5.32 Å². The Balaban J connectivity index is 2.22. The third-order valence-electron chi connectivity index (χ3n) is 4.83. The van der Waals surface area contributed by atoms with E-state index in [9.17, 15) is 15.0 Å². The SMILES string of the molecule is CCCN1C(=S)NC(c2cc(Cl)c(O)c(Cl)c2O)C(C(=O)c2ccccc2)=C1C. The lowest BCUT2D eigenvalue weighted by molar-refractivity contribution is 0.102. The van der Waals surface area contributed by atoms with Crippen LogP contribution in [-0.2, 0) is 0 Å². The second kappa shape index (κ2) is 8.61. The first-order valence-corrected chi connectivity index (χ1v) is 10.2. The van der Waals surface area contributed by atoms with Crippen LogP contribution in [0.3, 0.4) is 0 Å². The molecule has 2 aromatic rings. The van der Waals surface area contributed by atoms with E-state index in [1.165, 1.54) is 6.07 Å². The van der Waals surface area contributed by atoms with Crippen molar-refractivity contribution in [1.82, 2.24) is 10.2 Å². The van der Waals surface area contributed by atoms with Gasteiger partial charge < -0.3 is 20.4 Å². The van der Waals surface area contributed by atoms with Crippen molar-refractivity contribution >= 4 is 46.3 Å². The number of phenolic OH excluding ortho intramolecular Hbond substituents is 2. The summed E-state index contributed by atoms with van der Waals surface area (Å²) in [6, 6.07) is 9.47. The number of carbonyl (C=O) groups is 1. The number of thiocarbonyl (C=S) groups is 1. The molecule has 1 heterocycles. The van der Waals surface area contributed by atoms with Gasteiger partial charge >= 0.3 is 0 Å². The normalized spacial score (nSPS) is 16.8. The number of Topliss-reactive ketones (excluding diaryl/α,β-unsaturated/α-hetero) is 1. The summed E-state index contributed by atoms with van der Waals surface area (Å²) in [5, 5.41) is 23.8. The Morgan fingerprint density at radius 3 is 2.48 bits per heavy atom. The van der Waals surface area contributed by atoms with E-state index in [0.717, 1.165) is 6.42 Å². The molecule has 0 bridgehead atoms. The number of phenols is 2. The molecule has 0 saturated heterocycles. The number of ketones is 1. The van der Waals surface area contributed by atoms with Gasteiger partial charge in [-0.25, -0.2) is 0 Å². The lowest BCUT2D eigenvalue weighted by Crippen LogP contribution is -2.47. The van der Waals surface area contributed by atoms with Crippen molar-refractivity contribution in [3.63, 3.8) is 0 Å². The van der Waals surface area contributed by atoms with Crippen molar-refractivity contribution in [2.45, 2.75) is 26.3 Å². The van der Waals surface area contributed by atoms with E-state index in [-0.39, 0.29) is 27.1 Å². The molecular weight excluding hydrogens is 431 g/mol. The second-order valence-corrected chi connectivity index (χ2v) is 7.86. The molecule has 2 aromatic carbocycles. The molecule has 8 heteroatoms. The zero-order valence-corrected chi connectivity index (χ0v) is 18.2. The number of allylic oxidation sites excluding steroid dienone is 1. The number of rotatable bonds is 5. The smallest absolute Gasteiger partial charge is 0.193 e. The van der Waals surface area contributed by atoms with E-state index in [4.69, 9.17) is 35.4 Å². The molecule has 0 fully saturated rings. The number of carbonyl (C=O) groups excluding carboxylic acids is 1.